The van der Waals surface area contributed by atoms with Crippen molar-refractivity contribution in [3.63, 3.8) is 0 Å². The zero-order valence-electron chi connectivity index (χ0n) is 29.2. The van der Waals surface area contributed by atoms with Gasteiger partial charge in [0.05, 0.1) is 5.69 Å². The second-order valence-electron chi connectivity index (χ2n) is 13.7. The van der Waals surface area contributed by atoms with Crippen LogP contribution in [0.1, 0.15) is 0 Å². The summed E-state index contributed by atoms with van der Waals surface area (Å²) < 4.78 is 0. The normalized spacial score (nSPS) is 11.4. The van der Waals surface area contributed by atoms with E-state index in [0.717, 1.165) is 17.1 Å². The predicted octanol–water partition coefficient (Wildman–Crippen LogP) is 14.8. The molecular formula is C52H35N. The molecule has 0 N–H and O–H groups in total. The Labute approximate surface area is 309 Å². The van der Waals surface area contributed by atoms with Crippen LogP contribution >= 0.6 is 0 Å². The molecule has 0 aliphatic carbocycles. The van der Waals surface area contributed by atoms with Crippen LogP contribution < -0.4 is 4.90 Å². The van der Waals surface area contributed by atoms with Gasteiger partial charge in [-0.2, -0.15) is 0 Å². The summed E-state index contributed by atoms with van der Waals surface area (Å²) in [5, 5.41) is 10.1. The zero-order chi connectivity index (χ0) is 35.1. The number of rotatable bonds is 6. The highest BCUT2D eigenvalue weighted by atomic mass is 15.1. The molecule has 10 rings (SSSR count). The van der Waals surface area contributed by atoms with Gasteiger partial charge in [0.15, 0.2) is 0 Å². The largest absolute Gasteiger partial charge is 0.310 e. The molecule has 1 nitrogen and oxygen atoms in total. The molecule has 0 aliphatic heterocycles. The number of fused-ring (bicyclic) bond motifs is 6. The molecule has 1 heteroatoms. The van der Waals surface area contributed by atoms with Crippen molar-refractivity contribution < 1.29 is 0 Å². The predicted molar refractivity (Wildman–Crippen MR) is 227 cm³/mol. The zero-order valence-corrected chi connectivity index (χ0v) is 29.2. The number of nitrogens with zero attached hydrogens (tertiary/aromatic N) is 1. The van der Waals surface area contributed by atoms with Crippen molar-refractivity contribution in [2.24, 2.45) is 0 Å². The minimum atomic E-state index is 1.11. The van der Waals surface area contributed by atoms with Crippen LogP contribution in [-0.4, -0.2) is 0 Å². The average Bonchev–Trinajstić information content (AvgIpc) is 3.24. The first-order valence-corrected chi connectivity index (χ1v) is 18.3. The van der Waals surface area contributed by atoms with Gasteiger partial charge in [-0.25, -0.2) is 0 Å². The molecule has 0 fully saturated rings. The third-order valence-electron chi connectivity index (χ3n) is 10.7. The van der Waals surface area contributed by atoms with Gasteiger partial charge in [-0.3, -0.25) is 0 Å². The Morgan fingerprint density at radius 3 is 1.40 bits per heavy atom. The lowest BCUT2D eigenvalue weighted by Gasteiger charge is -2.28. The summed E-state index contributed by atoms with van der Waals surface area (Å²) in [7, 11) is 0. The fraction of sp³-hybridized carbons (Fsp3) is 0. The maximum absolute atomic E-state index is 2.40. The van der Waals surface area contributed by atoms with Gasteiger partial charge in [-0.1, -0.05) is 176 Å². The van der Waals surface area contributed by atoms with E-state index in [1.807, 2.05) is 0 Å². The van der Waals surface area contributed by atoms with E-state index >= 15 is 0 Å². The van der Waals surface area contributed by atoms with Gasteiger partial charge in [0.1, 0.15) is 0 Å². The summed E-state index contributed by atoms with van der Waals surface area (Å²) >= 11 is 0. The van der Waals surface area contributed by atoms with Gasteiger partial charge in [-0.05, 0) is 107 Å². The van der Waals surface area contributed by atoms with Gasteiger partial charge in [-0.15, -0.1) is 0 Å². The Hall–Kier alpha value is -6.96. The molecule has 53 heavy (non-hydrogen) atoms. The summed E-state index contributed by atoms with van der Waals surface area (Å²) in [5.74, 6) is 0. The standard InChI is InChI=1S/C52H35N/c1-3-11-36(12-4-1)37-21-27-43(28-22-37)53(52-34-33-46(39-13-5-2-6-14-39)47-17-9-10-18-50(47)52)44-29-23-38(24-30-44)42-20-19-41-26-31-48-45-16-8-7-15-40(45)25-32-49(48)51(41)35-42/h1-35H. The van der Waals surface area contributed by atoms with Gasteiger partial charge in [0, 0.05) is 16.8 Å². The van der Waals surface area contributed by atoms with Crippen LogP contribution in [0.5, 0.6) is 0 Å². The van der Waals surface area contributed by atoms with E-state index in [2.05, 4.69) is 217 Å². The first-order valence-electron chi connectivity index (χ1n) is 18.3. The first-order chi connectivity index (χ1) is 26.3. The lowest BCUT2D eigenvalue weighted by molar-refractivity contribution is 1.30. The number of benzene rings is 10. The molecule has 0 spiro atoms. The highest BCUT2D eigenvalue weighted by molar-refractivity contribution is 6.17. The SMILES string of the molecule is c1ccc(-c2ccc(N(c3ccc(-c4ccc5ccc6c7ccccc7ccc6c5c4)cc3)c3ccc(-c4ccccc4)c4ccccc34)cc2)cc1. The van der Waals surface area contributed by atoms with Crippen molar-refractivity contribution in [1.82, 2.24) is 0 Å². The van der Waals surface area contributed by atoms with Crippen LogP contribution in [0.4, 0.5) is 17.1 Å². The summed E-state index contributed by atoms with van der Waals surface area (Å²) in [6.45, 7) is 0. The van der Waals surface area contributed by atoms with E-state index in [1.54, 1.807) is 0 Å². The maximum atomic E-state index is 2.40. The quantitative estimate of drug-likeness (QED) is 0.159. The van der Waals surface area contributed by atoms with Crippen molar-refractivity contribution in [1.29, 1.82) is 0 Å². The molecule has 0 radical (unpaired) electrons. The van der Waals surface area contributed by atoms with E-state index in [1.165, 1.54) is 76.5 Å². The summed E-state index contributed by atoms with van der Waals surface area (Å²) in [6.07, 6.45) is 0. The lowest BCUT2D eigenvalue weighted by atomic mass is 9.94. The highest BCUT2D eigenvalue weighted by Crippen LogP contribution is 2.43. The third-order valence-corrected chi connectivity index (χ3v) is 10.7. The smallest absolute Gasteiger partial charge is 0.0540 e. The van der Waals surface area contributed by atoms with E-state index in [0.29, 0.717) is 0 Å². The maximum Gasteiger partial charge on any atom is 0.0540 e. The molecule has 0 saturated carbocycles. The third kappa shape index (κ3) is 5.51. The van der Waals surface area contributed by atoms with E-state index in [9.17, 15) is 0 Å². The van der Waals surface area contributed by atoms with Crippen LogP contribution in [0.3, 0.4) is 0 Å². The molecule has 0 aromatic heterocycles. The highest BCUT2D eigenvalue weighted by Gasteiger charge is 2.18. The molecule has 10 aromatic rings. The topological polar surface area (TPSA) is 3.24 Å². The molecule has 0 heterocycles. The Morgan fingerprint density at radius 2 is 0.717 bits per heavy atom. The van der Waals surface area contributed by atoms with Crippen LogP contribution in [0.15, 0.2) is 212 Å². The van der Waals surface area contributed by atoms with Gasteiger partial charge >= 0.3 is 0 Å². The Kier molecular flexibility index (Phi) is 7.55. The van der Waals surface area contributed by atoms with Crippen LogP contribution in [0.25, 0.3) is 76.5 Å². The molecular weight excluding hydrogens is 639 g/mol. The van der Waals surface area contributed by atoms with Crippen molar-refractivity contribution in [2.75, 3.05) is 4.90 Å². The molecule has 0 atom stereocenters. The Morgan fingerprint density at radius 1 is 0.245 bits per heavy atom. The van der Waals surface area contributed by atoms with Gasteiger partial charge < -0.3 is 4.90 Å². The number of anilines is 3. The monoisotopic (exact) mass is 673 g/mol. The van der Waals surface area contributed by atoms with Crippen molar-refractivity contribution >= 4 is 60.2 Å². The molecule has 0 amide bonds. The Balaban J connectivity index is 1.10. The van der Waals surface area contributed by atoms with E-state index < -0.39 is 0 Å². The molecule has 10 aromatic carbocycles. The summed E-state index contributed by atoms with van der Waals surface area (Å²) in [5.41, 5.74) is 10.6. The van der Waals surface area contributed by atoms with Gasteiger partial charge in [0.2, 0.25) is 0 Å². The van der Waals surface area contributed by atoms with Crippen molar-refractivity contribution in [3.05, 3.63) is 212 Å². The van der Waals surface area contributed by atoms with Crippen LogP contribution in [-0.2, 0) is 0 Å². The minimum Gasteiger partial charge on any atom is -0.310 e. The van der Waals surface area contributed by atoms with E-state index in [-0.39, 0.29) is 0 Å². The second-order valence-corrected chi connectivity index (χ2v) is 13.7. The number of hydrogen-bond acceptors (Lipinski definition) is 1. The molecule has 248 valence electrons. The first kappa shape index (κ1) is 30.8. The van der Waals surface area contributed by atoms with Crippen molar-refractivity contribution in [2.45, 2.75) is 0 Å². The van der Waals surface area contributed by atoms with Gasteiger partial charge in [0.25, 0.3) is 0 Å². The minimum absolute atomic E-state index is 1.11. The molecule has 0 saturated heterocycles. The Bertz CT molecular complexity index is 2910. The number of hydrogen-bond donors (Lipinski definition) is 0. The van der Waals surface area contributed by atoms with Crippen LogP contribution in [0.2, 0.25) is 0 Å². The van der Waals surface area contributed by atoms with Crippen molar-refractivity contribution in [3.8, 4) is 33.4 Å². The lowest BCUT2D eigenvalue weighted by Crippen LogP contribution is -2.10. The average molecular weight is 674 g/mol. The fourth-order valence-corrected chi connectivity index (χ4v) is 8.01. The fourth-order valence-electron chi connectivity index (χ4n) is 8.01. The van der Waals surface area contributed by atoms with E-state index in [4.69, 9.17) is 0 Å². The second kappa shape index (κ2) is 13.0. The summed E-state index contributed by atoms with van der Waals surface area (Å²) in [4.78, 5) is 2.40. The molecule has 0 aliphatic rings. The van der Waals surface area contributed by atoms with Crippen LogP contribution in [0, 0.1) is 0 Å². The molecule has 0 bridgehead atoms. The summed E-state index contributed by atoms with van der Waals surface area (Å²) in [6, 6.07) is 77.2. The molecule has 0 unspecified atom stereocenters.